The number of methoxy groups -OCH3 is 2. The molecule has 0 saturated carbocycles. The summed E-state index contributed by atoms with van der Waals surface area (Å²) in [6.45, 7) is 4.27. The summed E-state index contributed by atoms with van der Waals surface area (Å²) >= 11 is 0. The number of ether oxygens (including phenoxy) is 2. The van der Waals surface area contributed by atoms with Crippen molar-refractivity contribution in [1.82, 2.24) is 4.98 Å². The number of fused-ring (bicyclic) bond motifs is 1. The molecule has 0 unspecified atom stereocenters. The summed E-state index contributed by atoms with van der Waals surface area (Å²) in [4.78, 5) is 4.69. The second-order valence-electron chi connectivity index (χ2n) is 4.72. The average molecular weight is 260 g/mol. The molecule has 1 aromatic carbocycles. The van der Waals surface area contributed by atoms with Crippen molar-refractivity contribution in [3.63, 3.8) is 0 Å². The molecular weight excluding hydrogens is 240 g/mol. The van der Waals surface area contributed by atoms with E-state index in [1.807, 2.05) is 19.2 Å². The van der Waals surface area contributed by atoms with Crippen LogP contribution < -0.4 is 14.8 Å². The first kappa shape index (κ1) is 13.5. The molecule has 1 aromatic heterocycles. The third-order valence-electron chi connectivity index (χ3n) is 3.19. The van der Waals surface area contributed by atoms with Gasteiger partial charge in [0, 0.05) is 29.9 Å². The zero-order chi connectivity index (χ0) is 14.0. The lowest BCUT2D eigenvalue weighted by Crippen LogP contribution is -1.99. The van der Waals surface area contributed by atoms with Crippen molar-refractivity contribution in [2.24, 2.45) is 0 Å². The fourth-order valence-corrected chi connectivity index (χ4v) is 2.08. The van der Waals surface area contributed by atoms with E-state index in [2.05, 4.69) is 25.2 Å². The van der Waals surface area contributed by atoms with Gasteiger partial charge in [0.2, 0.25) is 0 Å². The molecule has 19 heavy (non-hydrogen) atoms. The van der Waals surface area contributed by atoms with Crippen LogP contribution in [-0.2, 0) is 0 Å². The molecule has 0 spiro atoms. The first-order valence-electron chi connectivity index (χ1n) is 6.35. The van der Waals surface area contributed by atoms with Gasteiger partial charge in [-0.05, 0) is 18.1 Å². The van der Waals surface area contributed by atoms with Crippen LogP contribution in [0.25, 0.3) is 10.9 Å². The van der Waals surface area contributed by atoms with E-state index in [1.165, 1.54) is 0 Å². The van der Waals surface area contributed by atoms with E-state index in [4.69, 9.17) is 14.5 Å². The van der Waals surface area contributed by atoms with Gasteiger partial charge in [0.15, 0.2) is 11.5 Å². The van der Waals surface area contributed by atoms with E-state index in [0.29, 0.717) is 17.4 Å². The van der Waals surface area contributed by atoms with E-state index in [-0.39, 0.29) is 0 Å². The van der Waals surface area contributed by atoms with E-state index in [1.54, 1.807) is 14.2 Å². The van der Waals surface area contributed by atoms with Gasteiger partial charge in [-0.1, -0.05) is 13.8 Å². The van der Waals surface area contributed by atoms with Gasteiger partial charge in [-0.3, -0.25) is 4.98 Å². The van der Waals surface area contributed by atoms with Crippen molar-refractivity contribution in [1.29, 1.82) is 0 Å². The van der Waals surface area contributed by atoms with Crippen molar-refractivity contribution < 1.29 is 9.47 Å². The minimum Gasteiger partial charge on any atom is -0.493 e. The van der Waals surface area contributed by atoms with E-state index in [0.717, 1.165) is 22.3 Å². The molecule has 1 N–H and O–H groups in total. The van der Waals surface area contributed by atoms with Crippen LogP contribution in [0.15, 0.2) is 18.2 Å². The van der Waals surface area contributed by atoms with Crippen LogP contribution in [0.4, 0.5) is 5.69 Å². The summed E-state index contributed by atoms with van der Waals surface area (Å²) < 4.78 is 10.7. The van der Waals surface area contributed by atoms with E-state index >= 15 is 0 Å². The summed E-state index contributed by atoms with van der Waals surface area (Å²) in [5.41, 5.74) is 3.02. The Morgan fingerprint density at radius 3 is 2.21 bits per heavy atom. The van der Waals surface area contributed by atoms with Crippen molar-refractivity contribution in [3.8, 4) is 11.5 Å². The van der Waals surface area contributed by atoms with Gasteiger partial charge in [-0.15, -0.1) is 0 Å². The lowest BCUT2D eigenvalue weighted by Gasteiger charge is -2.14. The molecule has 2 rings (SSSR count). The third-order valence-corrected chi connectivity index (χ3v) is 3.19. The van der Waals surface area contributed by atoms with Crippen LogP contribution in [0.1, 0.15) is 25.5 Å². The number of hydrogen-bond donors (Lipinski definition) is 1. The molecule has 0 aliphatic rings. The van der Waals surface area contributed by atoms with Crippen molar-refractivity contribution in [3.05, 3.63) is 23.9 Å². The number of benzene rings is 1. The Balaban J connectivity index is 2.75. The van der Waals surface area contributed by atoms with Gasteiger partial charge >= 0.3 is 0 Å². The van der Waals surface area contributed by atoms with Crippen molar-refractivity contribution >= 4 is 16.6 Å². The second-order valence-corrected chi connectivity index (χ2v) is 4.72. The predicted molar refractivity (Wildman–Crippen MR) is 78.5 cm³/mol. The van der Waals surface area contributed by atoms with Crippen molar-refractivity contribution in [2.45, 2.75) is 19.8 Å². The number of hydrogen-bond acceptors (Lipinski definition) is 4. The molecule has 4 nitrogen and oxygen atoms in total. The summed E-state index contributed by atoms with van der Waals surface area (Å²) in [7, 11) is 5.18. The Morgan fingerprint density at radius 2 is 1.68 bits per heavy atom. The third kappa shape index (κ3) is 2.43. The molecular formula is C15H20N2O2. The Bertz CT molecular complexity index is 594. The number of pyridine rings is 1. The predicted octanol–water partition coefficient (Wildman–Crippen LogP) is 3.42. The van der Waals surface area contributed by atoms with Crippen LogP contribution in [0.5, 0.6) is 11.5 Å². The summed E-state index contributed by atoms with van der Waals surface area (Å²) in [5.74, 6) is 1.79. The highest BCUT2D eigenvalue weighted by Crippen LogP contribution is 2.35. The van der Waals surface area contributed by atoms with Gasteiger partial charge in [-0.2, -0.15) is 0 Å². The molecule has 2 aromatic rings. The molecule has 102 valence electrons. The molecule has 0 atom stereocenters. The second kappa shape index (κ2) is 5.34. The summed E-state index contributed by atoms with van der Waals surface area (Å²) in [5, 5.41) is 4.25. The van der Waals surface area contributed by atoms with Crippen LogP contribution in [-0.4, -0.2) is 26.3 Å². The van der Waals surface area contributed by atoms with Crippen molar-refractivity contribution in [2.75, 3.05) is 26.6 Å². The smallest absolute Gasteiger partial charge is 0.162 e. The summed E-state index contributed by atoms with van der Waals surface area (Å²) in [6.07, 6.45) is 0. The van der Waals surface area contributed by atoms with Crippen LogP contribution in [0, 0.1) is 0 Å². The molecule has 0 aliphatic heterocycles. The Kier molecular flexibility index (Phi) is 3.79. The van der Waals surface area contributed by atoms with Crippen LogP contribution >= 0.6 is 0 Å². The molecule has 0 radical (unpaired) electrons. The molecule has 0 aliphatic carbocycles. The normalized spacial score (nSPS) is 10.8. The van der Waals surface area contributed by atoms with E-state index < -0.39 is 0 Å². The number of rotatable bonds is 4. The van der Waals surface area contributed by atoms with E-state index in [9.17, 15) is 0 Å². The van der Waals surface area contributed by atoms with Gasteiger partial charge in [0.1, 0.15) is 0 Å². The Labute approximate surface area is 113 Å². The zero-order valence-electron chi connectivity index (χ0n) is 12.1. The van der Waals surface area contributed by atoms with Gasteiger partial charge in [0.25, 0.3) is 0 Å². The fourth-order valence-electron chi connectivity index (χ4n) is 2.08. The number of nitrogens with zero attached hydrogens (tertiary/aromatic N) is 1. The Morgan fingerprint density at radius 1 is 1.05 bits per heavy atom. The van der Waals surface area contributed by atoms with Gasteiger partial charge in [0.05, 0.1) is 19.7 Å². The minimum absolute atomic E-state index is 0.379. The highest BCUT2D eigenvalue weighted by Gasteiger charge is 2.12. The maximum atomic E-state index is 5.34. The lowest BCUT2D eigenvalue weighted by atomic mass is 10.1. The maximum absolute atomic E-state index is 5.34. The van der Waals surface area contributed by atoms with Gasteiger partial charge < -0.3 is 14.8 Å². The highest BCUT2D eigenvalue weighted by atomic mass is 16.5. The Hall–Kier alpha value is -1.97. The largest absolute Gasteiger partial charge is 0.493 e. The SMILES string of the molecule is CNc1cc(C(C)C)nc2cc(OC)c(OC)cc12. The molecule has 0 bridgehead atoms. The highest BCUT2D eigenvalue weighted by molar-refractivity contribution is 5.93. The number of anilines is 1. The fraction of sp³-hybridized carbons (Fsp3) is 0.400. The monoisotopic (exact) mass is 260 g/mol. The average Bonchev–Trinajstić information content (AvgIpc) is 2.44. The molecule has 1 heterocycles. The maximum Gasteiger partial charge on any atom is 0.162 e. The van der Waals surface area contributed by atoms with Crippen LogP contribution in [0.3, 0.4) is 0 Å². The minimum atomic E-state index is 0.379. The molecule has 0 fully saturated rings. The standard InChI is InChI=1S/C15H20N2O2/c1-9(2)11-7-12(16-3)10-6-14(18-4)15(19-5)8-13(10)17-11/h6-9H,1-5H3,(H,16,17). The molecule has 4 heteroatoms. The first-order chi connectivity index (χ1) is 9.10. The summed E-state index contributed by atoms with van der Waals surface area (Å²) in [6, 6.07) is 5.96. The number of aromatic nitrogens is 1. The molecule has 0 amide bonds. The quantitative estimate of drug-likeness (QED) is 0.914. The lowest BCUT2D eigenvalue weighted by molar-refractivity contribution is 0.356. The number of nitrogens with one attached hydrogen (secondary N) is 1. The molecule has 0 saturated heterocycles. The zero-order valence-corrected chi connectivity index (χ0v) is 12.1. The van der Waals surface area contributed by atoms with Crippen LogP contribution in [0.2, 0.25) is 0 Å². The first-order valence-corrected chi connectivity index (χ1v) is 6.35. The van der Waals surface area contributed by atoms with Gasteiger partial charge in [-0.25, -0.2) is 0 Å². The topological polar surface area (TPSA) is 43.4 Å².